The molecule has 0 radical (unpaired) electrons. The molecule has 74 valence electrons. The fourth-order valence-corrected chi connectivity index (χ4v) is 1.59. The van der Waals surface area contributed by atoms with Gasteiger partial charge in [0.05, 0.1) is 12.2 Å². The molecule has 0 aromatic heterocycles. The molecule has 0 fully saturated rings. The zero-order valence-corrected chi connectivity index (χ0v) is 9.02. The van der Waals surface area contributed by atoms with Crippen molar-refractivity contribution in [3.63, 3.8) is 0 Å². The zero-order valence-electron chi connectivity index (χ0n) is 9.02. The van der Waals surface area contributed by atoms with Gasteiger partial charge in [0.25, 0.3) is 0 Å². The molecule has 0 aromatic rings. The molecular weight excluding hydrogens is 152 g/mol. The van der Waals surface area contributed by atoms with Gasteiger partial charge in [0.1, 0.15) is 0 Å². The highest BCUT2D eigenvalue weighted by Gasteiger charge is 2.32. The van der Waals surface area contributed by atoms with Crippen molar-refractivity contribution >= 4 is 0 Å². The molecule has 2 heteroatoms. The topological polar surface area (TPSA) is 18.5 Å². The van der Waals surface area contributed by atoms with E-state index in [2.05, 4.69) is 20.8 Å². The Labute approximate surface area is 76.3 Å². The lowest BCUT2D eigenvalue weighted by molar-refractivity contribution is -0.0996. The van der Waals surface area contributed by atoms with Crippen molar-refractivity contribution in [1.82, 2.24) is 0 Å². The molecule has 1 unspecified atom stereocenters. The Kier molecular flexibility index (Phi) is 5.51. The Morgan fingerprint density at radius 3 is 2.08 bits per heavy atom. The van der Waals surface area contributed by atoms with Crippen LogP contribution in [0.15, 0.2) is 0 Å². The van der Waals surface area contributed by atoms with Crippen molar-refractivity contribution in [3.8, 4) is 0 Å². The SMILES string of the molecule is CCCC(COC)(OC)C(C)C. The van der Waals surface area contributed by atoms with Crippen LogP contribution in [0.3, 0.4) is 0 Å². The molecular formula is C10H22O2. The Balaban J connectivity index is 4.28. The average molecular weight is 174 g/mol. The van der Waals surface area contributed by atoms with Crippen molar-refractivity contribution < 1.29 is 9.47 Å². The van der Waals surface area contributed by atoms with Crippen LogP contribution in [0.2, 0.25) is 0 Å². The maximum Gasteiger partial charge on any atom is 0.0933 e. The van der Waals surface area contributed by atoms with Gasteiger partial charge in [0.2, 0.25) is 0 Å². The third-order valence-electron chi connectivity index (χ3n) is 2.52. The van der Waals surface area contributed by atoms with E-state index in [9.17, 15) is 0 Å². The summed E-state index contributed by atoms with van der Waals surface area (Å²) in [5.41, 5.74) is -0.0799. The van der Waals surface area contributed by atoms with Crippen LogP contribution in [0, 0.1) is 5.92 Å². The molecule has 0 rings (SSSR count). The summed E-state index contributed by atoms with van der Waals surface area (Å²) in [4.78, 5) is 0. The summed E-state index contributed by atoms with van der Waals surface area (Å²) in [5.74, 6) is 0.502. The van der Waals surface area contributed by atoms with Gasteiger partial charge in [0, 0.05) is 14.2 Å². The number of ether oxygens (including phenoxy) is 2. The molecule has 0 aromatic carbocycles. The van der Waals surface area contributed by atoms with Gasteiger partial charge in [-0.2, -0.15) is 0 Å². The summed E-state index contributed by atoms with van der Waals surface area (Å²) in [6.07, 6.45) is 2.20. The maximum atomic E-state index is 5.56. The first-order valence-corrected chi connectivity index (χ1v) is 4.67. The van der Waals surface area contributed by atoms with E-state index in [4.69, 9.17) is 9.47 Å². The van der Waals surface area contributed by atoms with Crippen molar-refractivity contribution in [2.24, 2.45) is 5.92 Å². The number of hydrogen-bond donors (Lipinski definition) is 0. The normalized spacial score (nSPS) is 16.5. The maximum absolute atomic E-state index is 5.56. The third-order valence-corrected chi connectivity index (χ3v) is 2.52. The van der Waals surface area contributed by atoms with E-state index in [-0.39, 0.29) is 5.60 Å². The van der Waals surface area contributed by atoms with E-state index < -0.39 is 0 Å². The molecule has 0 spiro atoms. The molecule has 0 aliphatic carbocycles. The molecule has 12 heavy (non-hydrogen) atoms. The van der Waals surface area contributed by atoms with Crippen molar-refractivity contribution in [3.05, 3.63) is 0 Å². The van der Waals surface area contributed by atoms with Crippen LogP contribution in [0.5, 0.6) is 0 Å². The molecule has 0 aliphatic rings. The lowest BCUT2D eigenvalue weighted by atomic mass is 9.86. The van der Waals surface area contributed by atoms with Gasteiger partial charge in [-0.05, 0) is 12.3 Å². The summed E-state index contributed by atoms with van der Waals surface area (Å²) in [5, 5.41) is 0. The molecule has 0 heterocycles. The summed E-state index contributed by atoms with van der Waals surface area (Å²) in [6.45, 7) is 7.22. The Bertz CT molecular complexity index is 104. The number of methoxy groups -OCH3 is 2. The first kappa shape index (κ1) is 11.9. The molecule has 1 atom stereocenters. The molecule has 0 N–H and O–H groups in total. The minimum Gasteiger partial charge on any atom is -0.382 e. The highest BCUT2D eigenvalue weighted by atomic mass is 16.5. The molecule has 0 bridgehead atoms. The van der Waals surface area contributed by atoms with Crippen LogP contribution < -0.4 is 0 Å². The molecule has 2 nitrogen and oxygen atoms in total. The van der Waals surface area contributed by atoms with Gasteiger partial charge in [-0.15, -0.1) is 0 Å². The minimum absolute atomic E-state index is 0.0799. The highest BCUT2D eigenvalue weighted by Crippen LogP contribution is 2.26. The Morgan fingerprint density at radius 1 is 1.25 bits per heavy atom. The van der Waals surface area contributed by atoms with Gasteiger partial charge in [-0.25, -0.2) is 0 Å². The molecule has 0 saturated heterocycles. The van der Waals surface area contributed by atoms with Crippen molar-refractivity contribution in [2.45, 2.75) is 39.2 Å². The largest absolute Gasteiger partial charge is 0.382 e. The monoisotopic (exact) mass is 174 g/mol. The molecule has 0 amide bonds. The van der Waals surface area contributed by atoms with Gasteiger partial charge >= 0.3 is 0 Å². The quantitative estimate of drug-likeness (QED) is 0.616. The predicted octanol–water partition coefficient (Wildman–Crippen LogP) is 2.47. The lowest BCUT2D eigenvalue weighted by Gasteiger charge is -2.35. The van der Waals surface area contributed by atoms with Crippen LogP contribution in [0.4, 0.5) is 0 Å². The number of rotatable bonds is 6. The third kappa shape index (κ3) is 2.76. The molecule has 0 saturated carbocycles. The summed E-state index contributed by atoms with van der Waals surface area (Å²) < 4.78 is 10.7. The lowest BCUT2D eigenvalue weighted by Crippen LogP contribution is -2.41. The van der Waals surface area contributed by atoms with E-state index >= 15 is 0 Å². The fraction of sp³-hybridized carbons (Fsp3) is 1.00. The number of hydrogen-bond acceptors (Lipinski definition) is 2. The van der Waals surface area contributed by atoms with E-state index in [0.717, 1.165) is 12.8 Å². The van der Waals surface area contributed by atoms with E-state index in [1.165, 1.54) is 0 Å². The first-order chi connectivity index (χ1) is 5.63. The van der Waals surface area contributed by atoms with E-state index in [1.54, 1.807) is 14.2 Å². The zero-order chi connectivity index (χ0) is 9.61. The smallest absolute Gasteiger partial charge is 0.0933 e. The predicted molar refractivity (Wildman–Crippen MR) is 51.4 cm³/mol. The van der Waals surface area contributed by atoms with Crippen LogP contribution in [0.1, 0.15) is 33.6 Å². The highest BCUT2D eigenvalue weighted by molar-refractivity contribution is 4.83. The second kappa shape index (κ2) is 5.55. The van der Waals surface area contributed by atoms with Crippen molar-refractivity contribution in [1.29, 1.82) is 0 Å². The summed E-state index contributed by atoms with van der Waals surface area (Å²) in [6, 6.07) is 0. The molecule has 0 aliphatic heterocycles. The van der Waals surface area contributed by atoms with E-state index in [0.29, 0.717) is 12.5 Å². The Hall–Kier alpha value is -0.0800. The second-order valence-electron chi connectivity index (χ2n) is 3.61. The average Bonchev–Trinajstić information content (AvgIpc) is 2.03. The van der Waals surface area contributed by atoms with Gasteiger partial charge in [-0.3, -0.25) is 0 Å². The van der Waals surface area contributed by atoms with Crippen LogP contribution in [0.25, 0.3) is 0 Å². The second-order valence-corrected chi connectivity index (χ2v) is 3.61. The first-order valence-electron chi connectivity index (χ1n) is 4.67. The van der Waals surface area contributed by atoms with Gasteiger partial charge in [-0.1, -0.05) is 27.2 Å². The minimum atomic E-state index is -0.0799. The van der Waals surface area contributed by atoms with Gasteiger partial charge in [0.15, 0.2) is 0 Å². The van der Waals surface area contributed by atoms with E-state index in [1.807, 2.05) is 0 Å². The fourth-order valence-electron chi connectivity index (χ4n) is 1.59. The van der Waals surface area contributed by atoms with Gasteiger partial charge < -0.3 is 9.47 Å². The van der Waals surface area contributed by atoms with Crippen LogP contribution >= 0.6 is 0 Å². The van der Waals surface area contributed by atoms with Crippen molar-refractivity contribution in [2.75, 3.05) is 20.8 Å². The Morgan fingerprint density at radius 2 is 1.83 bits per heavy atom. The summed E-state index contributed by atoms with van der Waals surface area (Å²) in [7, 11) is 3.50. The van der Waals surface area contributed by atoms with Crippen LogP contribution in [-0.4, -0.2) is 26.4 Å². The summed E-state index contributed by atoms with van der Waals surface area (Å²) >= 11 is 0. The van der Waals surface area contributed by atoms with Crippen LogP contribution in [-0.2, 0) is 9.47 Å². The standard InChI is InChI=1S/C10H22O2/c1-6-7-10(12-5,8-11-4)9(2)3/h9H,6-8H2,1-5H3.